The van der Waals surface area contributed by atoms with E-state index in [0.29, 0.717) is 36.0 Å². The Morgan fingerprint density at radius 1 is 0.593 bits per heavy atom. The van der Waals surface area contributed by atoms with Crippen LogP contribution in [0.25, 0.3) is 0 Å². The molecule has 0 fully saturated rings. The molecule has 5 rings (SSSR count). The zero-order chi connectivity index (χ0) is 44.1. The Kier molecular flexibility index (Phi) is 12.2. The lowest BCUT2D eigenvalue weighted by atomic mass is 10.0. The molecule has 316 valence electrons. The van der Waals surface area contributed by atoms with Crippen molar-refractivity contribution < 1.29 is 87.4 Å². The first-order valence-electron chi connectivity index (χ1n) is 15.6. The number of methoxy groups -OCH3 is 1. The molecule has 1 unspecified atom stereocenters. The average molecular weight is 913 g/mol. The van der Waals surface area contributed by atoms with E-state index in [0.717, 1.165) is 43.5 Å². The Labute approximate surface area is 328 Å². The maximum atomic E-state index is 15.9. The molecule has 0 heterocycles. The molecular weight excluding hydrogens is 894 g/mol. The van der Waals surface area contributed by atoms with Crippen molar-refractivity contribution in [2.45, 2.75) is 47.8 Å². The van der Waals surface area contributed by atoms with E-state index in [2.05, 4.69) is 3.63 Å². The number of benzene rings is 5. The number of carbonyl (C=O) groups excluding carboxylic acids is 1. The summed E-state index contributed by atoms with van der Waals surface area (Å²) in [5.41, 5.74) is -0.500. The van der Waals surface area contributed by atoms with Crippen LogP contribution in [0.5, 0.6) is 5.75 Å². The van der Waals surface area contributed by atoms with Crippen LogP contribution in [0.2, 0.25) is 0 Å². The predicted molar refractivity (Wildman–Crippen MR) is 179 cm³/mol. The molecule has 0 saturated heterocycles. The van der Waals surface area contributed by atoms with Gasteiger partial charge in [-0.1, -0.05) is 48.2 Å². The maximum Gasteiger partial charge on any atom is 0.460 e. The van der Waals surface area contributed by atoms with E-state index in [1.165, 1.54) is 30.3 Å². The van der Waals surface area contributed by atoms with Crippen LogP contribution in [0.4, 0.5) is 65.9 Å². The lowest BCUT2D eigenvalue weighted by Gasteiger charge is -2.41. The highest BCUT2D eigenvalue weighted by Gasteiger charge is 2.86. The van der Waals surface area contributed by atoms with Crippen molar-refractivity contribution in [1.82, 2.24) is 0 Å². The second-order valence-corrected chi connectivity index (χ2v) is 17.2. The Morgan fingerprint density at radius 2 is 1.08 bits per heavy atom. The zero-order valence-electron chi connectivity index (χ0n) is 28.7. The third-order valence-electron chi connectivity index (χ3n) is 8.09. The Morgan fingerprint density at radius 3 is 1.58 bits per heavy atom. The fourth-order valence-electron chi connectivity index (χ4n) is 5.15. The molecule has 1 atom stereocenters. The van der Waals surface area contributed by atoms with E-state index in [1.54, 1.807) is 6.07 Å². The quantitative estimate of drug-likeness (QED) is 0.0507. The van der Waals surface area contributed by atoms with Crippen LogP contribution >= 0.6 is 22.1 Å². The van der Waals surface area contributed by atoms with Crippen molar-refractivity contribution in [2.24, 2.45) is 0 Å². The van der Waals surface area contributed by atoms with Crippen LogP contribution in [-0.2, 0) is 13.7 Å². The van der Waals surface area contributed by atoms with E-state index >= 15 is 22.0 Å². The van der Waals surface area contributed by atoms with Crippen LogP contribution < -0.4 is 4.74 Å². The van der Waals surface area contributed by atoms with E-state index in [9.17, 15) is 57.1 Å². The van der Waals surface area contributed by atoms with Crippen molar-refractivity contribution >= 4 is 38.0 Å². The molecule has 0 aliphatic heterocycles. The van der Waals surface area contributed by atoms with Crippen molar-refractivity contribution in [3.63, 3.8) is 0 Å². The third-order valence-corrected chi connectivity index (χ3v) is 14.4. The summed E-state index contributed by atoms with van der Waals surface area (Å²) < 4.78 is 253. The summed E-state index contributed by atoms with van der Waals surface area (Å²) in [6.07, 6.45) is -7.57. The first kappa shape index (κ1) is 45.2. The van der Waals surface area contributed by atoms with Gasteiger partial charge in [-0.15, -0.1) is 0 Å². The lowest BCUT2D eigenvalue weighted by molar-refractivity contribution is -0.382. The van der Waals surface area contributed by atoms with Crippen LogP contribution in [0.15, 0.2) is 122 Å². The Hall–Kier alpha value is -4.87. The molecule has 5 aromatic rings. The van der Waals surface area contributed by atoms with Crippen molar-refractivity contribution in [2.75, 3.05) is 7.11 Å². The molecule has 59 heavy (non-hydrogen) atoms. The summed E-state index contributed by atoms with van der Waals surface area (Å²) in [7, 11) is -13.0. The van der Waals surface area contributed by atoms with Crippen LogP contribution in [0.1, 0.15) is 15.9 Å². The molecule has 0 bridgehead atoms. The van der Waals surface area contributed by atoms with Gasteiger partial charge in [-0.3, -0.25) is 4.79 Å². The second kappa shape index (κ2) is 16.0. The first-order valence-corrected chi connectivity index (χ1v) is 19.4. The van der Waals surface area contributed by atoms with Gasteiger partial charge in [0, 0.05) is 25.1 Å². The van der Waals surface area contributed by atoms with Gasteiger partial charge in [0.25, 0.3) is 0 Å². The minimum Gasteiger partial charge on any atom is -0.497 e. The smallest absolute Gasteiger partial charge is 0.460 e. The molecule has 5 nitrogen and oxygen atoms in total. The van der Waals surface area contributed by atoms with Gasteiger partial charge in [-0.25, -0.2) is 30.0 Å². The molecule has 0 amide bonds. The number of hydrogen-bond donors (Lipinski definition) is 0. The van der Waals surface area contributed by atoms with Crippen LogP contribution in [0, 0.1) is 34.9 Å². The SMILES string of the molecule is COc1ccc(S(OS(=O)(=O)C(F)(F)C(F)(F)C(F)(F)C(F)(F)F)(c2ccc(Sc3cccc(F)c3C(=O)c3ccccc3)cc2)c2c(F)c(F)c(F)c(F)c2F)cc1. The Bertz CT molecular complexity index is 2470. The average Bonchev–Trinajstić information content (AvgIpc) is 3.18. The summed E-state index contributed by atoms with van der Waals surface area (Å²) in [6, 6.07) is 15.5. The van der Waals surface area contributed by atoms with Gasteiger partial charge in [0.15, 0.2) is 29.1 Å². The fourth-order valence-corrected chi connectivity index (χ4v) is 11.3. The number of halogens is 15. The fraction of sp³-hybridized carbons (Fsp3) is 0.139. The summed E-state index contributed by atoms with van der Waals surface area (Å²) in [4.78, 5) is 8.01. The van der Waals surface area contributed by atoms with E-state index < -0.39 is 105 Å². The summed E-state index contributed by atoms with van der Waals surface area (Å²) in [5, 5.41) is -7.69. The molecule has 0 aromatic heterocycles. The highest BCUT2D eigenvalue weighted by atomic mass is 32.3. The number of carbonyl (C=O) groups is 1. The van der Waals surface area contributed by atoms with Gasteiger partial charge in [0.2, 0.25) is 5.82 Å². The molecule has 23 heteroatoms. The summed E-state index contributed by atoms with van der Waals surface area (Å²) in [5.74, 6) is -32.8. The van der Waals surface area contributed by atoms with Gasteiger partial charge in [0.05, 0.1) is 12.7 Å². The topological polar surface area (TPSA) is 69.7 Å². The standard InChI is InChI=1S/C36H19F15O5S3/c1-55-19-10-14-21(15-11-19)58(32-29(41)27(39)26(38)28(40)30(32)42,56-59(53,54)36(50,51)34(45,46)33(43,44)35(47,48)49)22-16-12-20(13-17-22)57-24-9-5-8-23(37)25(24)31(52)18-6-3-2-4-7-18/h2-17H,1H3. The second-order valence-electron chi connectivity index (χ2n) is 11.7. The number of ether oxygens (including phenoxy) is 1. The third kappa shape index (κ3) is 7.61. The van der Waals surface area contributed by atoms with Crippen LogP contribution in [0.3, 0.4) is 0 Å². The highest BCUT2D eigenvalue weighted by Crippen LogP contribution is 2.73. The van der Waals surface area contributed by atoms with Gasteiger partial charge in [-0.05, 0) is 71.0 Å². The van der Waals surface area contributed by atoms with Gasteiger partial charge >= 0.3 is 33.4 Å². The summed E-state index contributed by atoms with van der Waals surface area (Å²) >= 11 is 0.552. The van der Waals surface area contributed by atoms with E-state index in [-0.39, 0.29) is 21.1 Å². The molecule has 0 aliphatic carbocycles. The van der Waals surface area contributed by atoms with E-state index in [4.69, 9.17) is 4.74 Å². The number of hydrogen-bond acceptors (Lipinski definition) is 6. The van der Waals surface area contributed by atoms with Gasteiger partial charge in [-0.2, -0.15) is 47.9 Å². The van der Waals surface area contributed by atoms with Crippen molar-refractivity contribution in [3.05, 3.63) is 143 Å². The zero-order valence-corrected chi connectivity index (χ0v) is 31.1. The van der Waals surface area contributed by atoms with Crippen molar-refractivity contribution in [3.8, 4) is 5.75 Å². The number of rotatable bonds is 13. The normalized spacial score (nSPS) is 14.4. The minimum absolute atomic E-state index is 0.0132. The monoisotopic (exact) mass is 912 g/mol. The summed E-state index contributed by atoms with van der Waals surface area (Å²) in [6.45, 7) is 0. The molecule has 5 aromatic carbocycles. The lowest BCUT2D eigenvalue weighted by Crippen LogP contribution is -2.63. The van der Waals surface area contributed by atoms with Crippen LogP contribution in [-0.4, -0.2) is 44.6 Å². The maximum absolute atomic E-state index is 15.9. The minimum atomic E-state index is -8.17. The Balaban J connectivity index is 1.81. The van der Waals surface area contributed by atoms with Gasteiger partial charge in [0.1, 0.15) is 16.5 Å². The molecule has 0 spiro atoms. The predicted octanol–water partition coefficient (Wildman–Crippen LogP) is 11.9. The van der Waals surface area contributed by atoms with Gasteiger partial charge < -0.3 is 4.74 Å². The highest BCUT2D eigenvalue weighted by molar-refractivity contribution is 8.33. The largest absolute Gasteiger partial charge is 0.497 e. The first-order chi connectivity index (χ1) is 27.3. The molecule has 0 aliphatic rings. The molecule has 0 radical (unpaired) electrons. The molecular formula is C36H19F15O5S3. The van der Waals surface area contributed by atoms with E-state index in [1.807, 2.05) is 0 Å². The molecule has 0 saturated carbocycles. The molecule has 0 N–H and O–H groups in total. The number of alkyl halides is 9. The number of ketones is 1. The van der Waals surface area contributed by atoms with Crippen molar-refractivity contribution in [1.29, 1.82) is 0 Å².